The maximum absolute atomic E-state index is 14.5. The molecule has 2 fully saturated rings. The van der Waals surface area contributed by atoms with E-state index in [0.29, 0.717) is 146 Å². The smallest absolute Gasteiger partial charge is 0.247 e. The number of hydrogen-bond donors (Lipinski definition) is 5. The maximum atomic E-state index is 14.5. The van der Waals surface area contributed by atoms with Crippen molar-refractivity contribution in [2.75, 3.05) is 120 Å². The molecule has 5 atom stereocenters. The zero-order valence-electron chi connectivity index (χ0n) is 43.0. The summed E-state index contributed by atoms with van der Waals surface area (Å²) in [7, 11) is 0. The number of nitrogens with zero attached hydrogens (tertiary/aromatic N) is 13. The quantitative estimate of drug-likeness (QED) is 0.0386. The van der Waals surface area contributed by atoms with Crippen molar-refractivity contribution < 1.29 is 28.9 Å². The predicted molar refractivity (Wildman–Crippen MR) is 280 cm³/mol. The van der Waals surface area contributed by atoms with Gasteiger partial charge in [-0.1, -0.05) is 62.6 Å². The molecular weight excluding hydrogens is 958 g/mol. The van der Waals surface area contributed by atoms with Gasteiger partial charge in [0.25, 0.3) is 0 Å². The number of hydrogen-bond acceptors (Lipinski definition) is 19. The Morgan fingerprint density at radius 1 is 0.767 bits per heavy atom. The van der Waals surface area contributed by atoms with Crippen molar-refractivity contribution in [3.05, 3.63) is 53.6 Å². The van der Waals surface area contributed by atoms with Crippen LogP contribution in [0.15, 0.2) is 36.7 Å². The number of halogens is 1. The van der Waals surface area contributed by atoms with E-state index in [0.717, 1.165) is 31.2 Å². The molecule has 0 spiro atoms. The molecule has 5 heterocycles. The summed E-state index contributed by atoms with van der Waals surface area (Å²) in [5.74, 6) is 4.33. The summed E-state index contributed by atoms with van der Waals surface area (Å²) in [6, 6.07) is 5.02. The molecule has 0 saturated carbocycles. The molecular formula is C49H78ClN17O6. The van der Waals surface area contributed by atoms with Crippen LogP contribution in [0.3, 0.4) is 0 Å². The first-order chi connectivity index (χ1) is 34.9. The Morgan fingerprint density at radius 2 is 1.32 bits per heavy atom. The number of nitrogens with two attached hydrogens (primary N) is 3. The SMILES string of the molecule is C#CCOCCOCCOCCNc1nc(N2CCN(C(=O)[C@H](CCCCN)n3cc([C@@H](N)C(C)CC)nn3)CC2)nc(N2CCN(C(=O)[C@H](Cc3ccc(O)cc3)n3cc([C@@H](N)CC(C)C)nn3)CC2)n1.Cl. The van der Waals surface area contributed by atoms with Gasteiger partial charge in [0.1, 0.15) is 24.4 Å². The molecule has 23 nitrogen and oxygen atoms in total. The Labute approximate surface area is 435 Å². The lowest BCUT2D eigenvalue weighted by Crippen LogP contribution is -2.52. The van der Waals surface area contributed by atoms with Crippen molar-refractivity contribution >= 4 is 42.1 Å². The van der Waals surface area contributed by atoms with Gasteiger partial charge in [0, 0.05) is 65.3 Å². The molecule has 24 heteroatoms. The number of aromatic hydroxyl groups is 1. The molecule has 0 aliphatic carbocycles. The molecule has 8 N–H and O–H groups in total. The molecule has 1 aromatic carbocycles. The molecule has 2 amide bonds. The van der Waals surface area contributed by atoms with Crippen molar-refractivity contribution in [3.63, 3.8) is 0 Å². The number of phenols is 1. The Morgan fingerprint density at radius 3 is 1.89 bits per heavy atom. The number of unbranched alkanes of at least 4 members (excludes halogenated alkanes) is 1. The van der Waals surface area contributed by atoms with Crippen molar-refractivity contribution in [1.29, 1.82) is 0 Å². The Balaban J connectivity index is 0.00000988. The third kappa shape index (κ3) is 17.2. The average Bonchev–Trinajstić information content (AvgIpc) is 4.10. The first kappa shape index (κ1) is 58.2. The minimum atomic E-state index is -0.691. The van der Waals surface area contributed by atoms with Gasteiger partial charge in [-0.05, 0) is 61.8 Å². The normalized spacial score (nSPS) is 16.2. The van der Waals surface area contributed by atoms with Crippen LogP contribution in [0.5, 0.6) is 5.75 Å². The van der Waals surface area contributed by atoms with Crippen molar-refractivity contribution in [2.24, 2.45) is 29.0 Å². The van der Waals surface area contributed by atoms with Crippen LogP contribution in [0.1, 0.15) is 101 Å². The number of aromatic nitrogens is 9. The van der Waals surface area contributed by atoms with E-state index >= 15 is 0 Å². The Kier molecular flexibility index (Phi) is 23.8. The lowest BCUT2D eigenvalue weighted by atomic mass is 9.98. The second-order valence-corrected chi connectivity index (χ2v) is 18.9. The summed E-state index contributed by atoms with van der Waals surface area (Å²) in [5.41, 5.74) is 21.0. The van der Waals surface area contributed by atoms with Gasteiger partial charge in [0.2, 0.25) is 29.7 Å². The molecule has 2 aliphatic heterocycles. The number of benzene rings is 1. The van der Waals surface area contributed by atoms with Crippen LogP contribution in [0, 0.1) is 24.2 Å². The highest BCUT2D eigenvalue weighted by molar-refractivity contribution is 5.85. The number of phenolic OH excluding ortho intramolecular Hbond substituents is 1. The third-order valence-corrected chi connectivity index (χ3v) is 13.1. The summed E-state index contributed by atoms with van der Waals surface area (Å²) in [6.07, 6.45) is 12.9. The molecule has 402 valence electrons. The number of amides is 2. The summed E-state index contributed by atoms with van der Waals surface area (Å²) in [4.78, 5) is 51.3. The number of terminal acetylenes is 1. The highest BCUT2D eigenvalue weighted by atomic mass is 35.5. The number of carbonyl (C=O) groups is 2. The van der Waals surface area contributed by atoms with E-state index < -0.39 is 12.1 Å². The summed E-state index contributed by atoms with van der Waals surface area (Å²) in [5, 5.41) is 30.8. The molecule has 4 aromatic rings. The van der Waals surface area contributed by atoms with Crippen molar-refractivity contribution in [2.45, 2.75) is 90.4 Å². The Bertz CT molecular complexity index is 2300. The van der Waals surface area contributed by atoms with Gasteiger partial charge < -0.3 is 61.4 Å². The molecule has 0 bridgehead atoms. The zero-order valence-corrected chi connectivity index (χ0v) is 43.8. The van der Waals surface area contributed by atoms with Gasteiger partial charge in [-0.15, -0.1) is 29.0 Å². The minimum Gasteiger partial charge on any atom is -0.508 e. The predicted octanol–water partition coefficient (Wildman–Crippen LogP) is 2.52. The second kappa shape index (κ2) is 29.8. The van der Waals surface area contributed by atoms with Crippen LogP contribution in [-0.4, -0.2) is 177 Å². The van der Waals surface area contributed by atoms with E-state index in [1.54, 1.807) is 39.8 Å². The lowest BCUT2D eigenvalue weighted by molar-refractivity contribution is -0.136. The minimum absolute atomic E-state index is 0. The van der Waals surface area contributed by atoms with Crippen molar-refractivity contribution in [3.8, 4) is 18.1 Å². The van der Waals surface area contributed by atoms with Gasteiger partial charge in [-0.3, -0.25) is 9.59 Å². The number of ether oxygens (including phenoxy) is 3. The van der Waals surface area contributed by atoms with E-state index in [-0.39, 0.29) is 54.6 Å². The summed E-state index contributed by atoms with van der Waals surface area (Å²) >= 11 is 0. The molecule has 73 heavy (non-hydrogen) atoms. The van der Waals surface area contributed by atoms with Gasteiger partial charge in [-0.25, -0.2) is 9.36 Å². The number of anilines is 3. The summed E-state index contributed by atoms with van der Waals surface area (Å²) < 4.78 is 19.9. The fourth-order valence-electron chi connectivity index (χ4n) is 8.58. The van der Waals surface area contributed by atoms with Crippen LogP contribution < -0.4 is 32.3 Å². The van der Waals surface area contributed by atoms with Gasteiger partial charge in [-0.2, -0.15) is 15.0 Å². The Hall–Kier alpha value is -5.74. The van der Waals surface area contributed by atoms with E-state index in [2.05, 4.69) is 69.4 Å². The first-order valence-corrected chi connectivity index (χ1v) is 25.5. The van der Waals surface area contributed by atoms with E-state index in [1.807, 2.05) is 16.0 Å². The van der Waals surface area contributed by atoms with Crippen LogP contribution in [-0.2, 0) is 30.2 Å². The van der Waals surface area contributed by atoms with E-state index in [1.165, 1.54) is 0 Å². The van der Waals surface area contributed by atoms with Gasteiger partial charge >= 0.3 is 0 Å². The average molecular weight is 1040 g/mol. The lowest BCUT2D eigenvalue weighted by Gasteiger charge is -2.38. The largest absolute Gasteiger partial charge is 0.508 e. The highest BCUT2D eigenvalue weighted by Crippen LogP contribution is 2.27. The zero-order chi connectivity index (χ0) is 51.4. The number of carbonyl (C=O) groups excluding carboxylic acids is 2. The summed E-state index contributed by atoms with van der Waals surface area (Å²) in [6.45, 7) is 15.2. The maximum Gasteiger partial charge on any atom is 0.247 e. The molecule has 2 aliphatic rings. The van der Waals surface area contributed by atoms with Gasteiger partial charge in [0.05, 0.1) is 68.9 Å². The number of piperazine rings is 2. The topological polar surface area (TPSA) is 285 Å². The molecule has 1 unspecified atom stereocenters. The van der Waals surface area contributed by atoms with Crippen LogP contribution >= 0.6 is 12.4 Å². The van der Waals surface area contributed by atoms with Crippen LogP contribution in [0.2, 0.25) is 0 Å². The molecule has 2 saturated heterocycles. The van der Waals surface area contributed by atoms with Crippen molar-refractivity contribution in [1.82, 2.24) is 54.7 Å². The molecule has 3 aromatic heterocycles. The van der Waals surface area contributed by atoms with Crippen LogP contribution in [0.25, 0.3) is 0 Å². The fourth-order valence-corrected chi connectivity index (χ4v) is 8.58. The third-order valence-electron chi connectivity index (χ3n) is 13.1. The highest BCUT2D eigenvalue weighted by Gasteiger charge is 2.34. The molecule has 6 rings (SSSR count). The van der Waals surface area contributed by atoms with E-state index in [9.17, 15) is 14.7 Å². The van der Waals surface area contributed by atoms with E-state index in [4.69, 9.17) is 52.8 Å². The second-order valence-electron chi connectivity index (χ2n) is 18.9. The first-order valence-electron chi connectivity index (χ1n) is 25.5. The monoisotopic (exact) mass is 1040 g/mol. The van der Waals surface area contributed by atoms with Crippen LogP contribution in [0.4, 0.5) is 17.8 Å². The fraction of sp³-hybridized carbons (Fsp3) is 0.653. The van der Waals surface area contributed by atoms with Gasteiger partial charge in [0.15, 0.2) is 0 Å². The standard InChI is InChI=1S/C49H77N17O6.ClH/c1-6-25-70-27-29-72-30-28-71-26-16-53-47-54-48(63-21-17-61(18-22-63)45(68)42(10-8-9-15-50)65-34-41(58-60-65)44(52)36(5)7-2)56-49(55-47)64-23-19-62(20-24-64)46(69)43(32-37-11-13-38(67)14-12-37)66-33-40(57-59-66)39(51)31-35(3)4;/h1,11-14,33-36,39,42-44,67H,7-10,15-32,50-52H2,2-5H3,(H,53,54,55,56);1H/t36?,39-,42-,43-,44-;/m0./s1. The molecule has 0 radical (unpaired) electrons. The number of nitrogens with one attached hydrogen (secondary N) is 1. The number of rotatable bonds is 29.